The van der Waals surface area contributed by atoms with Gasteiger partial charge in [-0.25, -0.2) is 13.2 Å². The number of rotatable bonds is 10. The molecule has 0 radical (unpaired) electrons. The highest BCUT2D eigenvalue weighted by Crippen LogP contribution is 2.45. The topological polar surface area (TPSA) is 122 Å². The third kappa shape index (κ3) is 5.34. The second-order valence-electron chi connectivity index (χ2n) is 8.91. The van der Waals surface area contributed by atoms with Gasteiger partial charge in [-0.1, -0.05) is 37.3 Å². The van der Waals surface area contributed by atoms with Crippen LogP contribution < -0.4 is 20.1 Å². The van der Waals surface area contributed by atoms with E-state index in [4.69, 9.17) is 10.5 Å². The van der Waals surface area contributed by atoms with Gasteiger partial charge in [0.15, 0.2) is 0 Å². The number of hydrogen-bond donors (Lipinski definition) is 2. The van der Waals surface area contributed by atoms with Gasteiger partial charge in [0, 0.05) is 12.2 Å². The van der Waals surface area contributed by atoms with Crippen LogP contribution in [0.4, 0.5) is 10.5 Å². The highest BCUT2D eigenvalue weighted by Gasteiger charge is 2.42. The van der Waals surface area contributed by atoms with E-state index in [1.165, 1.54) is 4.90 Å². The molecule has 2 aromatic rings. The minimum absolute atomic E-state index is 0.0726. The van der Waals surface area contributed by atoms with Crippen molar-refractivity contribution in [2.24, 2.45) is 5.73 Å². The number of anilines is 1. The van der Waals surface area contributed by atoms with E-state index >= 15 is 0 Å². The molecular formula is C24H30N4O5S. The number of nitrogens with zero attached hydrogens (tertiary/aromatic N) is 2. The lowest BCUT2D eigenvalue weighted by atomic mass is 10.0. The van der Waals surface area contributed by atoms with Crippen molar-refractivity contribution in [2.45, 2.75) is 37.8 Å². The van der Waals surface area contributed by atoms with E-state index in [1.54, 1.807) is 12.0 Å². The van der Waals surface area contributed by atoms with Crippen molar-refractivity contribution < 1.29 is 22.7 Å². The lowest BCUT2D eigenvalue weighted by Crippen LogP contribution is -2.49. The maximum atomic E-state index is 13.6. The number of para-hydroxylation sites is 1. The molecule has 3 N–H and O–H groups in total. The Morgan fingerprint density at radius 1 is 1.18 bits per heavy atom. The first-order valence-electron chi connectivity index (χ1n) is 11.3. The molecule has 2 fully saturated rings. The number of methoxy groups -OCH3 is 1. The van der Waals surface area contributed by atoms with Gasteiger partial charge in [-0.3, -0.25) is 9.69 Å². The Balaban J connectivity index is 1.61. The van der Waals surface area contributed by atoms with Crippen LogP contribution in [-0.4, -0.2) is 57.4 Å². The van der Waals surface area contributed by atoms with Gasteiger partial charge in [0.25, 0.3) is 0 Å². The van der Waals surface area contributed by atoms with Gasteiger partial charge >= 0.3 is 6.03 Å². The number of hydrogen-bond acceptors (Lipinski definition) is 5. The third-order valence-electron chi connectivity index (χ3n) is 6.26. The second-order valence-corrected chi connectivity index (χ2v) is 10.7. The first-order chi connectivity index (χ1) is 16.2. The highest BCUT2D eigenvalue weighted by atomic mass is 32.2. The molecule has 0 spiro atoms. The van der Waals surface area contributed by atoms with Crippen LogP contribution in [0.15, 0.2) is 48.5 Å². The van der Waals surface area contributed by atoms with E-state index in [0.717, 1.165) is 35.4 Å². The first-order valence-corrected chi connectivity index (χ1v) is 12.9. The van der Waals surface area contributed by atoms with Gasteiger partial charge in [-0.05, 0) is 54.0 Å². The van der Waals surface area contributed by atoms with Crippen molar-refractivity contribution in [1.29, 1.82) is 0 Å². The largest absolute Gasteiger partial charge is 0.497 e. The zero-order valence-corrected chi connectivity index (χ0v) is 20.1. The molecule has 1 saturated heterocycles. The first kappa shape index (κ1) is 24.0. The predicted octanol–water partition coefficient (Wildman–Crippen LogP) is 2.35. The summed E-state index contributed by atoms with van der Waals surface area (Å²) in [4.78, 5) is 28.0. The fourth-order valence-electron chi connectivity index (χ4n) is 4.39. The molecule has 1 saturated carbocycles. The molecule has 4 rings (SSSR count). The number of benzene rings is 2. The Morgan fingerprint density at radius 3 is 2.47 bits per heavy atom. The summed E-state index contributed by atoms with van der Waals surface area (Å²) in [7, 11) is -2.42. The van der Waals surface area contributed by atoms with E-state index < -0.39 is 27.8 Å². The van der Waals surface area contributed by atoms with Crippen LogP contribution in [0.25, 0.3) is 0 Å². The predicted molar refractivity (Wildman–Crippen MR) is 129 cm³/mol. The monoisotopic (exact) mass is 486 g/mol. The minimum Gasteiger partial charge on any atom is -0.497 e. The SMILES string of the molecule is COc1ccc(C(C)CN2C(=O)N(c3ccccc3C3CC3)CC2NS(=O)(=O)CC(N)=O)cc1. The van der Waals surface area contributed by atoms with Crippen LogP contribution in [0.3, 0.4) is 0 Å². The minimum atomic E-state index is -4.01. The summed E-state index contributed by atoms with van der Waals surface area (Å²) in [6, 6.07) is 15.0. The van der Waals surface area contributed by atoms with E-state index in [-0.39, 0.29) is 25.0 Å². The summed E-state index contributed by atoms with van der Waals surface area (Å²) in [5.74, 6) is -0.713. The fraction of sp³-hybridized carbons (Fsp3) is 0.417. The Kier molecular flexibility index (Phi) is 6.81. The Hall–Kier alpha value is -3.11. The molecule has 2 aromatic carbocycles. The van der Waals surface area contributed by atoms with Gasteiger partial charge in [-0.2, -0.15) is 4.72 Å². The number of urea groups is 1. The van der Waals surface area contributed by atoms with E-state index in [2.05, 4.69) is 4.72 Å². The normalized spacial score (nSPS) is 19.4. The van der Waals surface area contributed by atoms with Crippen LogP contribution in [0.2, 0.25) is 0 Å². The zero-order valence-electron chi connectivity index (χ0n) is 19.3. The molecule has 2 aliphatic rings. The van der Waals surface area contributed by atoms with E-state index in [0.29, 0.717) is 5.92 Å². The van der Waals surface area contributed by atoms with Crippen molar-refractivity contribution in [2.75, 3.05) is 30.9 Å². The second kappa shape index (κ2) is 9.63. The summed E-state index contributed by atoms with van der Waals surface area (Å²) >= 11 is 0. The zero-order chi connectivity index (χ0) is 24.5. The molecule has 2 atom stereocenters. The summed E-state index contributed by atoms with van der Waals surface area (Å²) in [5.41, 5.74) is 8.00. The maximum absolute atomic E-state index is 13.6. The molecule has 1 aliphatic heterocycles. The average Bonchev–Trinajstić information content (AvgIpc) is 3.60. The van der Waals surface area contributed by atoms with Gasteiger partial charge in [0.05, 0.1) is 13.7 Å². The molecule has 10 heteroatoms. The summed E-state index contributed by atoms with van der Waals surface area (Å²) in [6.07, 6.45) is 1.32. The summed E-state index contributed by atoms with van der Waals surface area (Å²) in [6.45, 7) is 2.40. The van der Waals surface area contributed by atoms with E-state index in [1.807, 2.05) is 55.5 Å². The summed E-state index contributed by atoms with van der Waals surface area (Å²) in [5, 5.41) is 0. The third-order valence-corrected chi connectivity index (χ3v) is 7.55. The van der Waals surface area contributed by atoms with Crippen molar-refractivity contribution in [3.05, 3.63) is 59.7 Å². The maximum Gasteiger partial charge on any atom is 0.325 e. The average molecular weight is 487 g/mol. The number of carbonyl (C=O) groups is 2. The number of ether oxygens (including phenoxy) is 1. The molecule has 9 nitrogen and oxygen atoms in total. The Labute approximate surface area is 199 Å². The van der Waals surface area contributed by atoms with Crippen molar-refractivity contribution in [3.63, 3.8) is 0 Å². The lowest BCUT2D eigenvalue weighted by Gasteiger charge is -2.27. The molecule has 182 valence electrons. The van der Waals surface area contributed by atoms with E-state index in [9.17, 15) is 18.0 Å². The summed E-state index contributed by atoms with van der Waals surface area (Å²) < 4.78 is 32.8. The van der Waals surface area contributed by atoms with Gasteiger partial charge in [0.2, 0.25) is 15.9 Å². The number of primary amides is 1. The molecule has 1 aliphatic carbocycles. The van der Waals surface area contributed by atoms with Crippen molar-refractivity contribution in [1.82, 2.24) is 9.62 Å². The quantitative estimate of drug-likeness (QED) is 0.534. The van der Waals surface area contributed by atoms with Crippen LogP contribution in [0, 0.1) is 0 Å². The highest BCUT2D eigenvalue weighted by molar-refractivity contribution is 7.90. The van der Waals surface area contributed by atoms with Gasteiger partial charge in [0.1, 0.15) is 17.7 Å². The lowest BCUT2D eigenvalue weighted by molar-refractivity contribution is -0.115. The number of carbonyl (C=O) groups excluding carboxylic acids is 2. The van der Waals surface area contributed by atoms with Gasteiger partial charge in [-0.15, -0.1) is 0 Å². The fourth-order valence-corrected chi connectivity index (χ4v) is 5.46. The molecular weight excluding hydrogens is 456 g/mol. The number of sulfonamides is 1. The smallest absolute Gasteiger partial charge is 0.325 e. The van der Waals surface area contributed by atoms with Crippen LogP contribution in [-0.2, 0) is 14.8 Å². The van der Waals surface area contributed by atoms with Crippen LogP contribution in [0.1, 0.15) is 42.7 Å². The standard InChI is InChI=1S/C24H30N4O5S/c1-16(17-9-11-19(33-2)12-10-17)13-28-23(26-34(31,32)15-22(25)29)14-27(24(28)30)21-6-4-3-5-20(21)18-7-8-18/h3-6,9-12,16,18,23,26H,7-8,13-15H2,1-2H3,(H2,25,29). The molecule has 1 heterocycles. The molecule has 0 bridgehead atoms. The molecule has 0 aromatic heterocycles. The Bertz CT molecular complexity index is 1160. The van der Waals surface area contributed by atoms with Crippen LogP contribution >= 0.6 is 0 Å². The number of amides is 3. The molecule has 34 heavy (non-hydrogen) atoms. The van der Waals surface area contributed by atoms with Gasteiger partial charge < -0.3 is 15.4 Å². The number of nitrogens with two attached hydrogens (primary N) is 1. The Morgan fingerprint density at radius 2 is 1.85 bits per heavy atom. The molecule has 2 unspecified atom stereocenters. The van der Waals surface area contributed by atoms with Crippen LogP contribution in [0.5, 0.6) is 5.75 Å². The number of nitrogens with one attached hydrogen (secondary N) is 1. The van der Waals surface area contributed by atoms with Crippen molar-refractivity contribution >= 4 is 27.6 Å². The van der Waals surface area contributed by atoms with Crippen molar-refractivity contribution in [3.8, 4) is 5.75 Å². The molecule has 3 amide bonds.